The highest BCUT2D eigenvalue weighted by atomic mass is 32.2. The fourth-order valence-electron chi connectivity index (χ4n) is 3.39. The van der Waals surface area contributed by atoms with E-state index in [-0.39, 0.29) is 22.6 Å². The number of aromatic nitrogens is 3. The number of benzene rings is 1. The number of sulfone groups is 1. The minimum absolute atomic E-state index is 0.119. The van der Waals surface area contributed by atoms with Crippen molar-refractivity contribution in [2.45, 2.75) is 25.1 Å². The third-order valence-corrected chi connectivity index (χ3v) is 6.89. The normalized spacial score (nSPS) is 18.8. The molecule has 0 bridgehead atoms. The lowest BCUT2D eigenvalue weighted by atomic mass is 10.0. The van der Waals surface area contributed by atoms with Crippen molar-refractivity contribution >= 4 is 26.7 Å². The monoisotopic (exact) mass is 389 g/mol. The lowest BCUT2D eigenvalue weighted by Crippen LogP contribution is -2.17. The number of nitrogens with zero attached hydrogens (tertiary/aromatic N) is 3. The van der Waals surface area contributed by atoms with Crippen LogP contribution in [0, 0.1) is 12.7 Å². The predicted molar refractivity (Wildman–Crippen MR) is 95.8 cm³/mol. The third-order valence-electron chi connectivity index (χ3n) is 4.76. The molecule has 0 spiro atoms. The first kappa shape index (κ1) is 17.6. The standard InChI is InChI=1S/C18H16FN3O4S/c1-10-13-7-11(17(24)14-8-12(19)4-5-15(14)23)9-20-18(13)22(21-10)16-3-2-6-27(16,25)26/h4-5,7-9,16,23H,2-3,6H2,1H3. The maximum Gasteiger partial charge on any atom is 0.198 e. The van der Waals surface area contributed by atoms with Crippen molar-refractivity contribution in [1.82, 2.24) is 14.8 Å². The summed E-state index contributed by atoms with van der Waals surface area (Å²) in [5.74, 6) is -1.43. The van der Waals surface area contributed by atoms with Crippen LogP contribution in [0.3, 0.4) is 0 Å². The smallest absolute Gasteiger partial charge is 0.198 e. The van der Waals surface area contributed by atoms with Crippen LogP contribution in [0.2, 0.25) is 0 Å². The Labute approximate surface area is 154 Å². The zero-order chi connectivity index (χ0) is 19.3. The number of pyridine rings is 1. The molecule has 0 amide bonds. The highest BCUT2D eigenvalue weighted by Crippen LogP contribution is 2.33. The van der Waals surface area contributed by atoms with E-state index in [4.69, 9.17) is 0 Å². The molecule has 140 valence electrons. The molecule has 7 nitrogen and oxygen atoms in total. The van der Waals surface area contributed by atoms with E-state index in [9.17, 15) is 22.7 Å². The minimum atomic E-state index is -3.28. The average Bonchev–Trinajstić information content (AvgIpc) is 3.15. The van der Waals surface area contributed by atoms with Crippen molar-refractivity contribution < 1.29 is 22.7 Å². The zero-order valence-electron chi connectivity index (χ0n) is 14.4. The molecule has 0 aliphatic carbocycles. The van der Waals surface area contributed by atoms with Crippen LogP contribution in [0.5, 0.6) is 5.75 Å². The largest absolute Gasteiger partial charge is 0.507 e. The Bertz CT molecular complexity index is 1190. The zero-order valence-corrected chi connectivity index (χ0v) is 15.2. The molecular formula is C18H16FN3O4S. The Morgan fingerprint density at radius 1 is 1.33 bits per heavy atom. The van der Waals surface area contributed by atoms with Crippen LogP contribution in [-0.2, 0) is 9.84 Å². The van der Waals surface area contributed by atoms with Crippen molar-refractivity contribution in [3.8, 4) is 5.75 Å². The van der Waals surface area contributed by atoms with Gasteiger partial charge in [0.25, 0.3) is 0 Å². The van der Waals surface area contributed by atoms with Crippen molar-refractivity contribution in [3.05, 3.63) is 53.1 Å². The van der Waals surface area contributed by atoms with E-state index in [2.05, 4.69) is 10.1 Å². The molecule has 2 aromatic heterocycles. The van der Waals surface area contributed by atoms with Gasteiger partial charge in [0.2, 0.25) is 0 Å². The fraction of sp³-hybridized carbons (Fsp3) is 0.278. The van der Waals surface area contributed by atoms with Crippen LogP contribution in [0.4, 0.5) is 4.39 Å². The number of carbonyl (C=O) groups is 1. The molecule has 0 saturated carbocycles. The summed E-state index contributed by atoms with van der Waals surface area (Å²) in [6, 6.07) is 4.67. The molecule has 1 unspecified atom stereocenters. The lowest BCUT2D eigenvalue weighted by molar-refractivity contribution is 0.103. The molecule has 27 heavy (non-hydrogen) atoms. The first-order chi connectivity index (χ1) is 12.8. The number of phenolic OH excluding ortho intramolecular Hbond substituents is 1. The number of aromatic hydroxyl groups is 1. The van der Waals surface area contributed by atoms with Crippen LogP contribution in [0.1, 0.15) is 39.8 Å². The third kappa shape index (κ3) is 2.87. The summed E-state index contributed by atoms with van der Waals surface area (Å²) in [7, 11) is -3.28. The first-order valence-electron chi connectivity index (χ1n) is 8.37. The van der Waals surface area contributed by atoms with Gasteiger partial charge in [-0.15, -0.1) is 0 Å². The van der Waals surface area contributed by atoms with Crippen LogP contribution in [0.25, 0.3) is 11.0 Å². The summed E-state index contributed by atoms with van der Waals surface area (Å²) < 4.78 is 39.3. The first-order valence-corrected chi connectivity index (χ1v) is 10.1. The van der Waals surface area contributed by atoms with Gasteiger partial charge in [0.15, 0.2) is 26.6 Å². The van der Waals surface area contributed by atoms with Crippen molar-refractivity contribution in [3.63, 3.8) is 0 Å². The van der Waals surface area contributed by atoms with Gasteiger partial charge in [0.05, 0.1) is 17.0 Å². The van der Waals surface area contributed by atoms with Gasteiger partial charge in [-0.1, -0.05) is 0 Å². The molecule has 1 aromatic carbocycles. The Balaban J connectivity index is 1.81. The van der Waals surface area contributed by atoms with Crippen LogP contribution in [-0.4, -0.2) is 39.8 Å². The van der Waals surface area contributed by atoms with E-state index in [1.807, 2.05) is 0 Å². The van der Waals surface area contributed by atoms with Crippen molar-refractivity contribution in [2.24, 2.45) is 0 Å². The van der Waals surface area contributed by atoms with E-state index in [1.165, 1.54) is 16.9 Å². The van der Waals surface area contributed by atoms with Gasteiger partial charge in [-0.25, -0.2) is 22.5 Å². The number of aryl methyl sites for hydroxylation is 1. The number of rotatable bonds is 3. The van der Waals surface area contributed by atoms with E-state index in [0.29, 0.717) is 29.6 Å². The maximum absolute atomic E-state index is 13.4. The molecule has 1 saturated heterocycles. The Morgan fingerprint density at radius 3 is 2.81 bits per heavy atom. The lowest BCUT2D eigenvalue weighted by Gasteiger charge is -2.10. The molecule has 3 heterocycles. The molecule has 1 fully saturated rings. The van der Waals surface area contributed by atoms with Gasteiger partial charge in [-0.3, -0.25) is 4.79 Å². The number of carbonyl (C=O) groups excluding carboxylic acids is 1. The molecule has 4 rings (SSSR count). The summed E-state index contributed by atoms with van der Waals surface area (Å²) >= 11 is 0. The number of fused-ring (bicyclic) bond motifs is 1. The highest BCUT2D eigenvalue weighted by molar-refractivity contribution is 7.91. The average molecular weight is 389 g/mol. The molecule has 1 atom stereocenters. The van der Waals surface area contributed by atoms with Gasteiger partial charge in [0.1, 0.15) is 11.6 Å². The van der Waals surface area contributed by atoms with Crippen LogP contribution in [0.15, 0.2) is 30.5 Å². The van der Waals surface area contributed by atoms with Crippen LogP contribution >= 0.6 is 0 Å². The summed E-state index contributed by atoms with van der Waals surface area (Å²) in [5, 5.41) is 14.0. The Morgan fingerprint density at radius 2 is 2.11 bits per heavy atom. The van der Waals surface area contributed by atoms with Crippen LogP contribution < -0.4 is 0 Å². The second-order valence-electron chi connectivity index (χ2n) is 6.58. The van der Waals surface area contributed by atoms with Gasteiger partial charge in [0, 0.05) is 17.1 Å². The Hall–Kier alpha value is -2.81. The van der Waals surface area contributed by atoms with E-state index in [0.717, 1.165) is 18.2 Å². The second kappa shape index (κ2) is 6.12. The summed E-state index contributed by atoms with van der Waals surface area (Å²) in [5.41, 5.74) is 0.903. The minimum Gasteiger partial charge on any atom is -0.507 e. The molecule has 1 aliphatic rings. The number of halogens is 1. The quantitative estimate of drug-likeness (QED) is 0.691. The predicted octanol–water partition coefficient (Wildman–Crippen LogP) is 2.52. The van der Waals surface area contributed by atoms with E-state index in [1.54, 1.807) is 6.92 Å². The highest BCUT2D eigenvalue weighted by Gasteiger charge is 2.35. The molecule has 0 radical (unpaired) electrons. The van der Waals surface area contributed by atoms with E-state index < -0.39 is 26.8 Å². The van der Waals surface area contributed by atoms with Crippen molar-refractivity contribution in [2.75, 3.05) is 5.75 Å². The number of hydrogen-bond acceptors (Lipinski definition) is 6. The van der Waals surface area contributed by atoms with Gasteiger partial charge in [-0.2, -0.15) is 5.10 Å². The van der Waals surface area contributed by atoms with Gasteiger partial charge < -0.3 is 5.11 Å². The van der Waals surface area contributed by atoms with Gasteiger partial charge >= 0.3 is 0 Å². The molecule has 9 heteroatoms. The summed E-state index contributed by atoms with van der Waals surface area (Å²) in [4.78, 5) is 16.9. The SMILES string of the molecule is Cc1nn(C2CCCS2(=O)=O)c2ncc(C(=O)c3cc(F)ccc3O)cc12. The van der Waals surface area contributed by atoms with E-state index >= 15 is 0 Å². The summed E-state index contributed by atoms with van der Waals surface area (Å²) in [6.07, 6.45) is 2.33. The molecular weight excluding hydrogens is 373 g/mol. The summed E-state index contributed by atoms with van der Waals surface area (Å²) in [6.45, 7) is 1.70. The molecule has 1 aliphatic heterocycles. The Kier molecular flexibility index (Phi) is 3.99. The second-order valence-corrected chi connectivity index (χ2v) is 8.86. The number of hydrogen-bond donors (Lipinski definition) is 1. The fourth-order valence-corrected chi connectivity index (χ4v) is 5.21. The molecule has 3 aromatic rings. The number of ketones is 1. The van der Waals surface area contributed by atoms with Gasteiger partial charge in [-0.05, 0) is 44.0 Å². The maximum atomic E-state index is 13.4. The number of phenols is 1. The molecule has 1 N–H and O–H groups in total. The topological polar surface area (TPSA) is 102 Å². The van der Waals surface area contributed by atoms with Crippen molar-refractivity contribution in [1.29, 1.82) is 0 Å².